The van der Waals surface area contributed by atoms with E-state index in [2.05, 4.69) is 16.9 Å². The van der Waals surface area contributed by atoms with Gasteiger partial charge in [0, 0.05) is 29.9 Å². The highest BCUT2D eigenvalue weighted by molar-refractivity contribution is 6.30. The van der Waals surface area contributed by atoms with Crippen LogP contribution in [0.3, 0.4) is 0 Å². The average Bonchev–Trinajstić information content (AvgIpc) is 3.06. The van der Waals surface area contributed by atoms with Crippen LogP contribution in [0, 0.1) is 0 Å². The number of nitrogens with one attached hydrogen (secondary N) is 1. The van der Waals surface area contributed by atoms with E-state index in [1.165, 1.54) is 26.4 Å². The summed E-state index contributed by atoms with van der Waals surface area (Å²) >= 11 is 6.01. The van der Waals surface area contributed by atoms with Crippen LogP contribution in [0.25, 0.3) is 11.1 Å². The van der Waals surface area contributed by atoms with Gasteiger partial charge in [-0.25, -0.2) is 4.79 Å². The van der Waals surface area contributed by atoms with Crippen molar-refractivity contribution in [2.24, 2.45) is 0 Å². The summed E-state index contributed by atoms with van der Waals surface area (Å²) in [4.78, 5) is 17.6. The summed E-state index contributed by atoms with van der Waals surface area (Å²) in [5, 5.41) is 0.699. The Labute approximate surface area is 147 Å². The van der Waals surface area contributed by atoms with Crippen LogP contribution in [0.15, 0.2) is 30.5 Å². The minimum Gasteiger partial charge on any atom is -0.464 e. The first-order valence-electron chi connectivity index (χ1n) is 8.40. The molecule has 1 N–H and O–H groups in total. The van der Waals surface area contributed by atoms with Gasteiger partial charge in [-0.1, -0.05) is 43.0 Å². The maximum Gasteiger partial charge on any atom is 0.356 e. The maximum atomic E-state index is 12.2. The third kappa shape index (κ3) is 3.29. The average molecular weight is 347 g/mol. The fraction of sp³-hybridized carbons (Fsp3) is 0.421. The van der Waals surface area contributed by atoms with Crippen molar-refractivity contribution >= 4 is 23.3 Å². The first kappa shape index (κ1) is 16.9. The predicted octanol–water partition coefficient (Wildman–Crippen LogP) is 4.89. The molecule has 0 radical (unpaired) electrons. The van der Waals surface area contributed by atoms with E-state index in [1.807, 2.05) is 30.5 Å². The molecule has 1 aliphatic rings. The zero-order chi connectivity index (χ0) is 17.1. The van der Waals surface area contributed by atoms with Gasteiger partial charge in [-0.05, 0) is 30.5 Å². The number of H-pyrrole nitrogens is 1. The number of rotatable bonds is 4. The number of hydrogen-bond donors (Lipinski definition) is 1. The lowest BCUT2D eigenvalue weighted by Crippen LogP contribution is -2.34. The van der Waals surface area contributed by atoms with Gasteiger partial charge in [0.1, 0.15) is 5.69 Å². The Kier molecular flexibility index (Phi) is 5.14. The standard InChI is InChI=1S/C19H23ClN2O2/c1-22(15-6-4-3-5-7-15)18-16(12-21-17(18)19(23)24-2)13-8-10-14(20)11-9-13/h8-12,15,21H,3-7H2,1-2H3. The zero-order valence-electron chi connectivity index (χ0n) is 14.1. The highest BCUT2D eigenvalue weighted by Gasteiger charge is 2.27. The first-order valence-corrected chi connectivity index (χ1v) is 8.78. The number of hydrogen-bond acceptors (Lipinski definition) is 3. The summed E-state index contributed by atoms with van der Waals surface area (Å²) in [5.41, 5.74) is 3.45. The van der Waals surface area contributed by atoms with Gasteiger partial charge in [-0.15, -0.1) is 0 Å². The number of halogens is 1. The van der Waals surface area contributed by atoms with E-state index in [0.717, 1.165) is 29.7 Å². The molecule has 0 spiro atoms. The minimum atomic E-state index is -0.340. The first-order chi connectivity index (χ1) is 11.6. The van der Waals surface area contributed by atoms with E-state index in [1.54, 1.807) is 0 Å². The lowest BCUT2D eigenvalue weighted by atomic mass is 9.93. The molecule has 128 valence electrons. The van der Waals surface area contributed by atoms with Gasteiger partial charge in [0.15, 0.2) is 0 Å². The van der Waals surface area contributed by atoms with E-state index < -0.39 is 0 Å². The summed E-state index contributed by atoms with van der Waals surface area (Å²) < 4.78 is 4.96. The van der Waals surface area contributed by atoms with E-state index >= 15 is 0 Å². The summed E-state index contributed by atoms with van der Waals surface area (Å²) in [6, 6.07) is 8.14. The smallest absolute Gasteiger partial charge is 0.356 e. The molecule has 1 fully saturated rings. The Morgan fingerprint density at radius 1 is 1.21 bits per heavy atom. The van der Waals surface area contributed by atoms with Crippen LogP contribution in [-0.4, -0.2) is 31.2 Å². The number of nitrogens with zero attached hydrogens (tertiary/aromatic N) is 1. The van der Waals surface area contributed by atoms with Crippen molar-refractivity contribution < 1.29 is 9.53 Å². The lowest BCUT2D eigenvalue weighted by Gasteiger charge is -2.33. The molecule has 0 bridgehead atoms. The van der Waals surface area contributed by atoms with Crippen molar-refractivity contribution in [2.45, 2.75) is 38.1 Å². The molecular weight excluding hydrogens is 324 g/mol. The van der Waals surface area contributed by atoms with Crippen LogP contribution < -0.4 is 4.90 Å². The van der Waals surface area contributed by atoms with E-state index in [4.69, 9.17) is 16.3 Å². The molecule has 0 atom stereocenters. The normalized spacial score (nSPS) is 15.3. The largest absolute Gasteiger partial charge is 0.464 e. The van der Waals surface area contributed by atoms with Crippen molar-refractivity contribution in [3.8, 4) is 11.1 Å². The third-order valence-corrected chi connectivity index (χ3v) is 5.12. The molecule has 24 heavy (non-hydrogen) atoms. The lowest BCUT2D eigenvalue weighted by molar-refractivity contribution is 0.0595. The van der Waals surface area contributed by atoms with Gasteiger partial charge < -0.3 is 14.6 Å². The molecule has 4 nitrogen and oxygen atoms in total. The number of aromatic amines is 1. The number of methoxy groups -OCH3 is 1. The molecule has 1 aromatic heterocycles. The van der Waals surface area contributed by atoms with Gasteiger partial charge in [0.05, 0.1) is 12.8 Å². The minimum absolute atomic E-state index is 0.340. The Bertz CT molecular complexity index is 703. The van der Waals surface area contributed by atoms with Crippen LogP contribution in [0.1, 0.15) is 42.6 Å². The Balaban J connectivity index is 2.04. The van der Waals surface area contributed by atoms with Gasteiger partial charge in [0.25, 0.3) is 0 Å². The monoisotopic (exact) mass is 346 g/mol. The number of aromatic nitrogens is 1. The van der Waals surface area contributed by atoms with Gasteiger partial charge in [-0.3, -0.25) is 0 Å². The maximum absolute atomic E-state index is 12.2. The van der Waals surface area contributed by atoms with Crippen LogP contribution in [0.2, 0.25) is 5.02 Å². The summed E-state index contributed by atoms with van der Waals surface area (Å²) in [5.74, 6) is -0.340. The third-order valence-electron chi connectivity index (χ3n) is 4.87. The molecule has 1 heterocycles. The summed E-state index contributed by atoms with van der Waals surface area (Å²) in [6.07, 6.45) is 7.97. The van der Waals surface area contributed by atoms with Gasteiger partial charge in [-0.2, -0.15) is 0 Å². The van der Waals surface area contributed by atoms with E-state index in [9.17, 15) is 4.79 Å². The molecule has 1 saturated carbocycles. The SMILES string of the molecule is COC(=O)c1[nH]cc(-c2ccc(Cl)cc2)c1N(C)C1CCCCC1. The zero-order valence-corrected chi connectivity index (χ0v) is 14.9. The molecule has 0 amide bonds. The van der Waals surface area contributed by atoms with Gasteiger partial charge in [0.2, 0.25) is 0 Å². The summed E-state index contributed by atoms with van der Waals surface area (Å²) in [6.45, 7) is 0. The molecule has 3 rings (SSSR count). The summed E-state index contributed by atoms with van der Waals surface area (Å²) in [7, 11) is 3.49. The van der Waals surface area contributed by atoms with Crippen molar-refractivity contribution in [1.29, 1.82) is 0 Å². The Morgan fingerprint density at radius 3 is 2.50 bits per heavy atom. The van der Waals surface area contributed by atoms with E-state index in [-0.39, 0.29) is 5.97 Å². The number of anilines is 1. The van der Waals surface area contributed by atoms with Crippen molar-refractivity contribution in [2.75, 3.05) is 19.1 Å². The van der Waals surface area contributed by atoms with Crippen molar-refractivity contribution in [3.63, 3.8) is 0 Å². The molecule has 0 saturated heterocycles. The second kappa shape index (κ2) is 7.31. The number of benzene rings is 1. The molecule has 1 aromatic carbocycles. The van der Waals surface area contributed by atoms with Crippen LogP contribution in [0.4, 0.5) is 5.69 Å². The Hall–Kier alpha value is -1.94. The molecule has 0 unspecified atom stereocenters. The Morgan fingerprint density at radius 2 is 1.88 bits per heavy atom. The fourth-order valence-electron chi connectivity index (χ4n) is 3.54. The molecule has 1 aliphatic carbocycles. The predicted molar refractivity (Wildman–Crippen MR) is 97.9 cm³/mol. The highest BCUT2D eigenvalue weighted by atomic mass is 35.5. The number of carbonyl (C=O) groups excluding carboxylic acids is 1. The second-order valence-electron chi connectivity index (χ2n) is 6.33. The topological polar surface area (TPSA) is 45.3 Å². The number of ether oxygens (including phenoxy) is 1. The fourth-order valence-corrected chi connectivity index (χ4v) is 3.67. The van der Waals surface area contributed by atoms with Crippen LogP contribution >= 0.6 is 11.6 Å². The quantitative estimate of drug-likeness (QED) is 0.801. The van der Waals surface area contributed by atoms with Crippen molar-refractivity contribution in [1.82, 2.24) is 4.98 Å². The van der Waals surface area contributed by atoms with Crippen LogP contribution in [0.5, 0.6) is 0 Å². The molecule has 2 aromatic rings. The molecule has 5 heteroatoms. The van der Waals surface area contributed by atoms with Gasteiger partial charge >= 0.3 is 5.97 Å². The molecule has 0 aliphatic heterocycles. The highest BCUT2D eigenvalue weighted by Crippen LogP contribution is 2.37. The second-order valence-corrected chi connectivity index (χ2v) is 6.76. The van der Waals surface area contributed by atoms with Crippen LogP contribution in [-0.2, 0) is 4.74 Å². The number of carbonyl (C=O) groups is 1. The van der Waals surface area contributed by atoms with E-state index in [0.29, 0.717) is 16.8 Å². The van der Waals surface area contributed by atoms with Crippen molar-refractivity contribution in [3.05, 3.63) is 41.2 Å². The molecular formula is C19H23ClN2O2. The number of esters is 1.